The Morgan fingerprint density at radius 2 is 1.62 bits per heavy atom. The molecule has 0 spiro atoms. The van der Waals surface area contributed by atoms with E-state index in [1.807, 2.05) is 0 Å². The van der Waals surface area contributed by atoms with Gasteiger partial charge in [0.1, 0.15) is 0 Å². The molecule has 0 aromatic heterocycles. The predicted octanol–water partition coefficient (Wildman–Crippen LogP) is 2.64. The van der Waals surface area contributed by atoms with Gasteiger partial charge < -0.3 is 10.6 Å². The van der Waals surface area contributed by atoms with Crippen LogP contribution in [0.3, 0.4) is 0 Å². The van der Waals surface area contributed by atoms with Gasteiger partial charge in [-0.2, -0.15) is 13.2 Å². The number of hydrogen-bond donors (Lipinski definition) is 1. The van der Waals surface area contributed by atoms with Gasteiger partial charge in [-0.05, 0) is 38.4 Å². The molecule has 2 N–H and O–H groups in total. The van der Waals surface area contributed by atoms with Crippen LogP contribution in [0.2, 0.25) is 0 Å². The van der Waals surface area contributed by atoms with Crippen molar-refractivity contribution >= 4 is 0 Å². The first kappa shape index (κ1) is 15.7. The highest BCUT2D eigenvalue weighted by atomic mass is 19.4. The molecular weight excluding hydrogens is 217 g/mol. The minimum atomic E-state index is -4.05. The summed E-state index contributed by atoms with van der Waals surface area (Å²) >= 11 is 0. The second-order valence-corrected chi connectivity index (χ2v) is 5.14. The van der Waals surface area contributed by atoms with Crippen LogP contribution in [0.25, 0.3) is 0 Å². The van der Waals surface area contributed by atoms with E-state index in [0.717, 1.165) is 12.8 Å². The summed E-state index contributed by atoms with van der Waals surface area (Å²) in [6.07, 6.45) is -2.95. The van der Waals surface area contributed by atoms with E-state index in [2.05, 4.69) is 13.8 Å². The molecule has 0 saturated heterocycles. The van der Waals surface area contributed by atoms with E-state index in [9.17, 15) is 13.2 Å². The maximum Gasteiger partial charge on any atom is 0.390 e. The van der Waals surface area contributed by atoms with Gasteiger partial charge in [0.05, 0.1) is 6.42 Å². The molecule has 16 heavy (non-hydrogen) atoms. The van der Waals surface area contributed by atoms with E-state index in [0.29, 0.717) is 13.1 Å². The first-order chi connectivity index (χ1) is 7.16. The first-order valence-corrected chi connectivity index (χ1v) is 5.62. The number of nitrogens with zero attached hydrogens (tertiary/aromatic N) is 1. The lowest BCUT2D eigenvalue weighted by molar-refractivity contribution is -0.137. The molecule has 0 heterocycles. The van der Waals surface area contributed by atoms with E-state index >= 15 is 0 Å². The molecule has 98 valence electrons. The highest BCUT2D eigenvalue weighted by Gasteiger charge is 2.27. The highest BCUT2D eigenvalue weighted by molar-refractivity contribution is 4.70. The topological polar surface area (TPSA) is 29.3 Å². The second kappa shape index (κ2) is 6.45. The largest absolute Gasteiger partial charge is 0.390 e. The van der Waals surface area contributed by atoms with Crippen LogP contribution in [0.15, 0.2) is 0 Å². The maximum absolute atomic E-state index is 11.9. The minimum absolute atomic E-state index is 0.0759. The van der Waals surface area contributed by atoms with Crippen LogP contribution < -0.4 is 5.73 Å². The summed E-state index contributed by atoms with van der Waals surface area (Å²) in [4.78, 5) is 1.72. The number of alkyl halides is 3. The minimum Gasteiger partial charge on any atom is -0.330 e. The fraction of sp³-hybridized carbons (Fsp3) is 1.00. The third-order valence-electron chi connectivity index (χ3n) is 2.72. The van der Waals surface area contributed by atoms with Crippen LogP contribution in [-0.4, -0.2) is 37.8 Å². The van der Waals surface area contributed by atoms with Crippen molar-refractivity contribution in [3.8, 4) is 0 Å². The van der Waals surface area contributed by atoms with Gasteiger partial charge in [0.2, 0.25) is 0 Å². The van der Waals surface area contributed by atoms with Crippen LogP contribution in [0, 0.1) is 5.41 Å². The number of hydrogen-bond acceptors (Lipinski definition) is 2. The van der Waals surface area contributed by atoms with E-state index in [-0.39, 0.29) is 12.0 Å². The SMILES string of the molecule is CN(CCCC(C)(C)CN)CCC(F)(F)F. The zero-order chi connectivity index (χ0) is 12.8. The molecule has 0 fully saturated rings. The average molecular weight is 240 g/mol. The van der Waals surface area contributed by atoms with Crippen molar-refractivity contribution in [2.45, 2.75) is 39.3 Å². The van der Waals surface area contributed by atoms with Crippen LogP contribution in [-0.2, 0) is 0 Å². The molecule has 2 nitrogen and oxygen atoms in total. The number of halogens is 3. The molecule has 0 aliphatic heterocycles. The zero-order valence-electron chi connectivity index (χ0n) is 10.4. The number of nitrogens with two attached hydrogens (primary N) is 1. The fourth-order valence-electron chi connectivity index (χ4n) is 1.36. The summed E-state index contributed by atoms with van der Waals surface area (Å²) in [7, 11) is 1.72. The van der Waals surface area contributed by atoms with Gasteiger partial charge in [-0.15, -0.1) is 0 Å². The molecule has 0 aliphatic rings. The van der Waals surface area contributed by atoms with Crippen molar-refractivity contribution in [2.75, 3.05) is 26.7 Å². The van der Waals surface area contributed by atoms with Crippen molar-refractivity contribution < 1.29 is 13.2 Å². The van der Waals surface area contributed by atoms with Crippen molar-refractivity contribution in [3.63, 3.8) is 0 Å². The number of rotatable bonds is 7. The van der Waals surface area contributed by atoms with Gasteiger partial charge >= 0.3 is 6.18 Å². The quantitative estimate of drug-likeness (QED) is 0.741. The third kappa shape index (κ3) is 8.97. The Bertz CT molecular complexity index is 190. The van der Waals surface area contributed by atoms with Gasteiger partial charge in [-0.25, -0.2) is 0 Å². The monoisotopic (exact) mass is 240 g/mol. The molecule has 0 radical (unpaired) electrons. The summed E-state index contributed by atoms with van der Waals surface area (Å²) in [5.41, 5.74) is 5.66. The van der Waals surface area contributed by atoms with Crippen LogP contribution in [0.1, 0.15) is 33.1 Å². The molecule has 0 bridgehead atoms. The van der Waals surface area contributed by atoms with Gasteiger partial charge in [0, 0.05) is 6.54 Å². The van der Waals surface area contributed by atoms with Gasteiger partial charge in [0.15, 0.2) is 0 Å². The lowest BCUT2D eigenvalue weighted by atomic mass is 9.88. The van der Waals surface area contributed by atoms with E-state index in [1.54, 1.807) is 11.9 Å². The first-order valence-electron chi connectivity index (χ1n) is 5.62. The second-order valence-electron chi connectivity index (χ2n) is 5.14. The molecule has 0 aliphatic carbocycles. The van der Waals surface area contributed by atoms with Gasteiger partial charge in [0.25, 0.3) is 0 Å². The van der Waals surface area contributed by atoms with Crippen molar-refractivity contribution in [1.82, 2.24) is 4.90 Å². The van der Waals surface area contributed by atoms with Crippen LogP contribution in [0.4, 0.5) is 13.2 Å². The molecule has 0 aromatic carbocycles. The summed E-state index contributed by atoms with van der Waals surface area (Å²) in [6.45, 7) is 5.52. The summed E-state index contributed by atoms with van der Waals surface area (Å²) in [6, 6.07) is 0. The standard InChI is InChI=1S/C11H23F3N2/c1-10(2,9-15)5-4-7-16(3)8-6-11(12,13)14/h4-9,15H2,1-3H3. The van der Waals surface area contributed by atoms with E-state index in [1.165, 1.54) is 0 Å². The van der Waals surface area contributed by atoms with Gasteiger partial charge in [-0.3, -0.25) is 0 Å². The van der Waals surface area contributed by atoms with Crippen LogP contribution in [0.5, 0.6) is 0 Å². The Kier molecular flexibility index (Phi) is 6.33. The third-order valence-corrected chi connectivity index (χ3v) is 2.72. The Morgan fingerprint density at radius 3 is 2.06 bits per heavy atom. The molecule has 5 heteroatoms. The molecule has 0 aromatic rings. The summed E-state index contributed by atoms with van der Waals surface area (Å²) in [5.74, 6) is 0. The summed E-state index contributed by atoms with van der Waals surface area (Å²) < 4.78 is 35.8. The lowest BCUT2D eigenvalue weighted by Crippen LogP contribution is -2.28. The summed E-state index contributed by atoms with van der Waals surface area (Å²) in [5, 5.41) is 0. The normalized spacial score (nSPS) is 13.5. The molecule has 0 rings (SSSR count). The van der Waals surface area contributed by atoms with Crippen molar-refractivity contribution in [2.24, 2.45) is 11.1 Å². The Balaban J connectivity index is 3.63. The van der Waals surface area contributed by atoms with E-state index < -0.39 is 12.6 Å². The molecule has 0 saturated carbocycles. The molecule has 0 amide bonds. The Labute approximate surface area is 96.0 Å². The van der Waals surface area contributed by atoms with Crippen LogP contribution >= 0.6 is 0 Å². The fourth-order valence-corrected chi connectivity index (χ4v) is 1.36. The smallest absolute Gasteiger partial charge is 0.330 e. The molecule has 0 unspecified atom stereocenters. The lowest BCUT2D eigenvalue weighted by Gasteiger charge is -2.24. The Morgan fingerprint density at radius 1 is 1.06 bits per heavy atom. The average Bonchev–Trinajstić information content (AvgIpc) is 2.13. The predicted molar refractivity (Wildman–Crippen MR) is 60.2 cm³/mol. The molecule has 0 atom stereocenters. The molecular formula is C11H23F3N2. The van der Waals surface area contributed by atoms with E-state index in [4.69, 9.17) is 5.73 Å². The zero-order valence-corrected chi connectivity index (χ0v) is 10.4. The van der Waals surface area contributed by atoms with Crippen molar-refractivity contribution in [1.29, 1.82) is 0 Å². The van der Waals surface area contributed by atoms with Gasteiger partial charge in [-0.1, -0.05) is 13.8 Å². The Hall–Kier alpha value is -0.290. The maximum atomic E-state index is 11.9. The highest BCUT2D eigenvalue weighted by Crippen LogP contribution is 2.21. The van der Waals surface area contributed by atoms with Crippen molar-refractivity contribution in [3.05, 3.63) is 0 Å².